The molecule has 2 saturated heterocycles. The fourth-order valence-electron chi connectivity index (χ4n) is 12.8. The van der Waals surface area contributed by atoms with Gasteiger partial charge in [-0.3, -0.25) is 19.6 Å². The smallest absolute Gasteiger partial charge is 0.355 e. The Morgan fingerprint density at radius 2 is 1.13 bits per heavy atom. The predicted octanol–water partition coefficient (Wildman–Crippen LogP) is 8.91. The molecule has 2 amide bonds. The lowest BCUT2D eigenvalue weighted by Crippen LogP contribution is -2.54. The second kappa shape index (κ2) is 24.7. The maximum atomic E-state index is 17.7. The van der Waals surface area contributed by atoms with E-state index in [1.807, 2.05) is 51.7 Å². The van der Waals surface area contributed by atoms with E-state index in [0.717, 1.165) is 23.8 Å². The largest absolute Gasteiger partial charge is 0.493 e. The number of halogens is 4. The number of amides is 2. The molecule has 0 N–H and O–H groups in total. The van der Waals surface area contributed by atoms with Crippen LogP contribution in [0.2, 0.25) is 0 Å². The zero-order chi connectivity index (χ0) is 63.2. The molecule has 3 atom stereocenters. The molecule has 4 aliphatic heterocycles. The normalized spacial score (nSPS) is 17.1. The Kier molecular flexibility index (Phi) is 16.4. The number of fused-ring (bicyclic) bond motifs is 10. The molecule has 0 aliphatic carbocycles. The maximum Gasteiger partial charge on any atom is 0.355 e. The number of carbonyl (C=O) groups excluding carboxylic acids is 2. The number of allylic oxidation sites excluding steroid dienone is 2. The molecule has 1 unspecified atom stereocenters. The molecular weight excluding hydrogens is 1160 g/mol. The number of pyridine rings is 4. The molecule has 4 aliphatic rings. The minimum Gasteiger partial charge on any atom is -0.493 e. The molecule has 90 heavy (non-hydrogen) atoms. The van der Waals surface area contributed by atoms with E-state index in [1.165, 1.54) is 51.6 Å². The molecule has 10 heterocycles. The summed E-state index contributed by atoms with van der Waals surface area (Å²) in [7, 11) is 0. The molecule has 458 valence electrons. The van der Waals surface area contributed by atoms with Gasteiger partial charge in [-0.05, 0) is 117 Å². The molecule has 12 rings (SSSR count). The number of carbonyl (C=O) groups is 2. The van der Waals surface area contributed by atoms with Crippen molar-refractivity contribution >= 4 is 45.5 Å². The van der Waals surface area contributed by atoms with Crippen molar-refractivity contribution in [1.29, 1.82) is 10.5 Å². The van der Waals surface area contributed by atoms with E-state index in [9.17, 15) is 14.4 Å². The summed E-state index contributed by atoms with van der Waals surface area (Å²) in [5.41, 5.74) is 0.260. The number of benzene rings is 2. The Balaban J connectivity index is 0.982. The minimum absolute atomic E-state index is 0.0154. The average Bonchev–Trinajstić information content (AvgIpc) is 0.781. The molecule has 4 bridgehead atoms. The van der Waals surface area contributed by atoms with Gasteiger partial charge >= 0.3 is 11.4 Å². The molecule has 0 saturated carbocycles. The van der Waals surface area contributed by atoms with E-state index in [4.69, 9.17) is 39.9 Å². The van der Waals surface area contributed by atoms with Crippen LogP contribution in [0.25, 0.3) is 56.0 Å². The van der Waals surface area contributed by atoms with E-state index in [-0.39, 0.29) is 139 Å². The summed E-state index contributed by atoms with van der Waals surface area (Å²) in [6, 6.07) is 15.7. The van der Waals surface area contributed by atoms with Gasteiger partial charge in [0.15, 0.2) is 22.9 Å². The van der Waals surface area contributed by atoms with Crippen LogP contribution in [0.3, 0.4) is 0 Å². The third-order valence-corrected chi connectivity index (χ3v) is 17.0. The highest BCUT2D eigenvalue weighted by molar-refractivity contribution is 5.94. The first-order valence-electron chi connectivity index (χ1n) is 29.8. The minimum atomic E-state index is -0.941. The van der Waals surface area contributed by atoms with E-state index in [2.05, 4.69) is 9.97 Å². The first-order valence-corrected chi connectivity index (χ1v) is 29.8. The van der Waals surface area contributed by atoms with Crippen LogP contribution in [-0.2, 0) is 28.9 Å². The van der Waals surface area contributed by atoms with Crippen LogP contribution in [0.5, 0.6) is 11.5 Å². The number of piperazine rings is 2. The van der Waals surface area contributed by atoms with Crippen LogP contribution < -0.4 is 30.7 Å². The standard InChI is InChI=1S/C66H60F4N14O6/c1-36(2)55-59-41(17-21-73-55)11-10-28-90-50-31-40(30-46(68)54(50)58-48(70)33-43-61(77-65(87)83(59)63(43)76-58)81-25-23-79(34-38(81)4)51(85)15-7-19-71)29-37(3)56-60-42(18-22-74-56)12-9-27-89-49-14-6-13-45(67)53(49)57-47(69)32-44-62(78-66(88)84(60)64(44)75-57)82-26-24-80(35-39(82)5)52(86)16-8-20-72/h6-8,13-18,21-22,30-33,36-39H,9-12,23-29,34-35H2,1-5H3/b15-7+,16-8+/t37?,38-,39-/m0/s1. The van der Waals surface area contributed by atoms with Crippen molar-refractivity contribution in [3.8, 4) is 57.5 Å². The van der Waals surface area contributed by atoms with Gasteiger partial charge in [-0.1, -0.05) is 26.8 Å². The van der Waals surface area contributed by atoms with Crippen molar-refractivity contribution in [2.45, 2.75) is 90.6 Å². The number of rotatable bonds is 8. The monoisotopic (exact) mass is 1220 g/mol. The SMILES string of the molecule is CC(C)c1nccc2c1-n1c(=O)nc(N3CCN(C(=O)/C=C/C#N)C[C@@H]3C)c3cc(F)c(nc31)-c1c(F)cc(CC(C)c3nccc4c3-n3c(=O)nc(N5CCN(C(=O)/C=C/C#N)C[C@@H]5C)c5cc(F)c(nc53)-c3c(F)cccc3OCCC4)cc1OCCC2. The first-order chi connectivity index (χ1) is 43.4. The third kappa shape index (κ3) is 11.0. The number of hydrogen-bond acceptors (Lipinski definition) is 16. The zero-order valence-electron chi connectivity index (χ0n) is 49.9. The number of hydrogen-bond donors (Lipinski definition) is 0. The summed E-state index contributed by atoms with van der Waals surface area (Å²) in [5, 5.41) is 18.4. The quantitative estimate of drug-likeness (QED) is 0.0784. The Labute approximate surface area is 513 Å². The number of nitrogens with zero attached hydrogens (tertiary/aromatic N) is 14. The van der Waals surface area contributed by atoms with E-state index in [1.54, 1.807) is 45.3 Å². The van der Waals surface area contributed by atoms with Gasteiger partial charge in [-0.15, -0.1) is 0 Å². The van der Waals surface area contributed by atoms with Crippen molar-refractivity contribution in [3.63, 3.8) is 0 Å². The molecule has 0 radical (unpaired) electrons. The predicted molar refractivity (Wildman–Crippen MR) is 327 cm³/mol. The van der Waals surface area contributed by atoms with Crippen LogP contribution in [0, 0.1) is 45.9 Å². The second-order valence-electron chi connectivity index (χ2n) is 23.2. The Morgan fingerprint density at radius 1 is 0.633 bits per heavy atom. The number of nitriles is 2. The topological polar surface area (TPSA) is 234 Å². The van der Waals surface area contributed by atoms with Crippen LogP contribution in [0.1, 0.15) is 87.4 Å². The molecule has 2 fully saturated rings. The van der Waals surface area contributed by atoms with Crippen molar-refractivity contribution < 1.29 is 36.6 Å². The van der Waals surface area contributed by atoms with Crippen LogP contribution in [-0.4, -0.2) is 125 Å². The van der Waals surface area contributed by atoms with Crippen LogP contribution >= 0.6 is 0 Å². The van der Waals surface area contributed by atoms with Crippen LogP contribution in [0.15, 0.2) is 101 Å². The lowest BCUT2D eigenvalue weighted by atomic mass is 9.92. The second-order valence-corrected chi connectivity index (χ2v) is 23.2. The van der Waals surface area contributed by atoms with Gasteiger partial charge in [0.2, 0.25) is 11.8 Å². The van der Waals surface area contributed by atoms with Crippen molar-refractivity contribution in [1.82, 2.24) is 48.8 Å². The molecular formula is C66H60F4N14O6. The first kappa shape index (κ1) is 59.9. The molecule has 8 aromatic rings. The Bertz CT molecular complexity index is 4540. The van der Waals surface area contributed by atoms with Crippen molar-refractivity contribution in [3.05, 3.63) is 164 Å². The molecule has 0 spiro atoms. The maximum absolute atomic E-state index is 17.7. The number of anilines is 2. The highest BCUT2D eigenvalue weighted by atomic mass is 19.1. The lowest BCUT2D eigenvalue weighted by molar-refractivity contribution is -0.127. The van der Waals surface area contributed by atoms with Gasteiger partial charge in [-0.25, -0.2) is 46.3 Å². The van der Waals surface area contributed by atoms with Crippen LogP contribution in [0.4, 0.5) is 29.2 Å². The molecule has 20 nitrogen and oxygen atoms in total. The Morgan fingerprint density at radius 3 is 1.64 bits per heavy atom. The fraction of sp³-hybridized carbons (Fsp3) is 0.333. The lowest BCUT2D eigenvalue weighted by Gasteiger charge is -2.40. The number of ether oxygens (including phenoxy) is 2. The number of aromatic nitrogens is 8. The average molecular weight is 1220 g/mol. The summed E-state index contributed by atoms with van der Waals surface area (Å²) in [5.74, 6) is -4.97. The van der Waals surface area contributed by atoms with E-state index >= 15 is 22.4 Å². The zero-order valence-corrected chi connectivity index (χ0v) is 49.9. The highest BCUT2D eigenvalue weighted by Gasteiger charge is 2.35. The third-order valence-electron chi connectivity index (χ3n) is 17.0. The number of aryl methyl sites for hydroxylation is 2. The van der Waals surface area contributed by atoms with Gasteiger partial charge in [0.1, 0.15) is 46.2 Å². The van der Waals surface area contributed by atoms with Gasteiger partial charge < -0.3 is 29.1 Å². The highest BCUT2D eigenvalue weighted by Crippen LogP contribution is 2.42. The summed E-state index contributed by atoms with van der Waals surface area (Å²) < 4.78 is 83.4. The van der Waals surface area contributed by atoms with Gasteiger partial charge in [0.25, 0.3) is 0 Å². The molecule has 24 heteroatoms. The summed E-state index contributed by atoms with van der Waals surface area (Å²) in [6.07, 6.45) is 9.25. The van der Waals surface area contributed by atoms with Crippen molar-refractivity contribution in [2.24, 2.45) is 0 Å². The fourth-order valence-corrected chi connectivity index (χ4v) is 12.8. The van der Waals surface area contributed by atoms with Gasteiger partial charge in [0.05, 0.1) is 70.0 Å². The van der Waals surface area contributed by atoms with Gasteiger partial charge in [-0.2, -0.15) is 20.5 Å². The molecule has 2 aromatic carbocycles. The summed E-state index contributed by atoms with van der Waals surface area (Å²) >= 11 is 0. The van der Waals surface area contributed by atoms with Crippen molar-refractivity contribution in [2.75, 3.05) is 62.3 Å². The van der Waals surface area contributed by atoms with Gasteiger partial charge in [0, 0.05) is 94.0 Å². The van der Waals surface area contributed by atoms with E-state index in [0.29, 0.717) is 53.9 Å². The van der Waals surface area contributed by atoms with E-state index < -0.39 is 64.0 Å². The summed E-state index contributed by atoms with van der Waals surface area (Å²) in [4.78, 5) is 91.3. The Hall–Kier alpha value is -10.4. The molecule has 6 aromatic heterocycles. The summed E-state index contributed by atoms with van der Waals surface area (Å²) in [6.45, 7) is 10.5.